The molecule has 160 valence electrons. The minimum absolute atomic E-state index is 0.149. The van der Waals surface area contributed by atoms with Crippen molar-refractivity contribution in [2.45, 2.75) is 26.2 Å². The normalized spacial score (nSPS) is 11.8. The van der Waals surface area contributed by atoms with E-state index in [0.29, 0.717) is 24.5 Å². The fraction of sp³-hybridized carbons (Fsp3) is 0.231. The molecule has 0 saturated carbocycles. The van der Waals surface area contributed by atoms with Gasteiger partial charge in [-0.2, -0.15) is 5.10 Å². The summed E-state index contributed by atoms with van der Waals surface area (Å²) in [6.45, 7) is 4.51. The van der Waals surface area contributed by atoms with Crippen LogP contribution in [0.3, 0.4) is 0 Å². The first-order valence-electron chi connectivity index (χ1n) is 10.4. The van der Waals surface area contributed by atoms with Crippen LogP contribution in [-0.4, -0.2) is 25.8 Å². The molecular weight excluding hydrogens is 388 g/mol. The van der Waals surface area contributed by atoms with Crippen molar-refractivity contribution in [3.8, 4) is 11.5 Å². The Kier molecular flexibility index (Phi) is 7.82. The molecular formula is C26H28N2O3. The van der Waals surface area contributed by atoms with Gasteiger partial charge in [0.1, 0.15) is 0 Å². The Morgan fingerprint density at radius 1 is 1.03 bits per heavy atom. The molecule has 1 N–H and O–H groups in total. The minimum atomic E-state index is -0.339. The van der Waals surface area contributed by atoms with E-state index >= 15 is 0 Å². The van der Waals surface area contributed by atoms with Crippen LogP contribution in [0.2, 0.25) is 0 Å². The van der Waals surface area contributed by atoms with Crippen molar-refractivity contribution in [1.82, 2.24) is 5.43 Å². The van der Waals surface area contributed by atoms with Crippen LogP contribution in [0, 0.1) is 6.92 Å². The summed E-state index contributed by atoms with van der Waals surface area (Å²) in [4.78, 5) is 13.0. The third-order valence-electron chi connectivity index (χ3n) is 5.08. The van der Waals surface area contributed by atoms with E-state index in [-0.39, 0.29) is 11.8 Å². The summed E-state index contributed by atoms with van der Waals surface area (Å²) in [6, 6.07) is 23.4. The number of nitrogens with zero attached hydrogens (tertiary/aromatic N) is 1. The van der Waals surface area contributed by atoms with Crippen molar-refractivity contribution >= 4 is 12.1 Å². The molecule has 0 aliphatic carbocycles. The molecule has 0 fully saturated rings. The molecule has 0 radical (unpaired) electrons. The standard InChI is InChI=1S/C26H28N2O3/c1-4-31-25-16-20(14-15-24(25)30-3)18-27-28-26(29)23(21-11-6-5-7-12-21)17-22-13-9-8-10-19(22)2/h5-16,18,23H,4,17H2,1-3H3,(H,28,29)/b27-18-/t23-/m1/s1. The lowest BCUT2D eigenvalue weighted by molar-refractivity contribution is -0.122. The zero-order valence-corrected chi connectivity index (χ0v) is 18.2. The van der Waals surface area contributed by atoms with E-state index in [4.69, 9.17) is 9.47 Å². The van der Waals surface area contributed by atoms with Gasteiger partial charge in [0.05, 0.1) is 25.8 Å². The fourth-order valence-electron chi connectivity index (χ4n) is 3.40. The number of carbonyl (C=O) groups is 1. The molecule has 0 unspecified atom stereocenters. The van der Waals surface area contributed by atoms with Crippen LogP contribution in [0.5, 0.6) is 11.5 Å². The Morgan fingerprint density at radius 3 is 2.48 bits per heavy atom. The van der Waals surface area contributed by atoms with Gasteiger partial charge in [0.2, 0.25) is 5.91 Å². The number of amides is 1. The van der Waals surface area contributed by atoms with E-state index in [1.165, 1.54) is 5.56 Å². The van der Waals surface area contributed by atoms with Crippen LogP contribution in [0.25, 0.3) is 0 Å². The van der Waals surface area contributed by atoms with E-state index < -0.39 is 0 Å². The Morgan fingerprint density at radius 2 is 1.77 bits per heavy atom. The summed E-state index contributed by atoms with van der Waals surface area (Å²) >= 11 is 0. The van der Waals surface area contributed by atoms with Gasteiger partial charge in [0.15, 0.2) is 11.5 Å². The second-order valence-electron chi connectivity index (χ2n) is 7.17. The van der Waals surface area contributed by atoms with E-state index in [1.807, 2.05) is 67.6 Å². The fourth-order valence-corrected chi connectivity index (χ4v) is 3.40. The van der Waals surface area contributed by atoms with Crippen LogP contribution in [0.1, 0.15) is 35.1 Å². The number of rotatable bonds is 9. The number of ether oxygens (including phenoxy) is 2. The van der Waals surface area contributed by atoms with Crippen LogP contribution < -0.4 is 14.9 Å². The van der Waals surface area contributed by atoms with Crippen molar-refractivity contribution in [3.05, 3.63) is 95.1 Å². The molecule has 0 spiro atoms. The number of benzene rings is 3. The molecule has 3 aromatic rings. The van der Waals surface area contributed by atoms with Crippen molar-refractivity contribution in [2.75, 3.05) is 13.7 Å². The smallest absolute Gasteiger partial charge is 0.247 e. The predicted molar refractivity (Wildman–Crippen MR) is 124 cm³/mol. The molecule has 3 aromatic carbocycles. The Bertz CT molecular complexity index is 1030. The van der Waals surface area contributed by atoms with Crippen molar-refractivity contribution < 1.29 is 14.3 Å². The summed E-state index contributed by atoms with van der Waals surface area (Å²) < 4.78 is 10.9. The van der Waals surface area contributed by atoms with E-state index in [2.05, 4.69) is 29.6 Å². The molecule has 0 heterocycles. The summed E-state index contributed by atoms with van der Waals surface area (Å²) in [6.07, 6.45) is 2.21. The summed E-state index contributed by atoms with van der Waals surface area (Å²) in [7, 11) is 1.60. The maximum atomic E-state index is 13.0. The Labute approximate surface area is 183 Å². The van der Waals surface area contributed by atoms with Gasteiger partial charge in [-0.05, 0) is 60.7 Å². The third kappa shape index (κ3) is 5.95. The molecule has 0 bridgehead atoms. The van der Waals surface area contributed by atoms with E-state index in [1.54, 1.807) is 13.3 Å². The number of hydrogen-bond donors (Lipinski definition) is 1. The quantitative estimate of drug-likeness (QED) is 0.400. The average molecular weight is 417 g/mol. The van der Waals surface area contributed by atoms with E-state index in [9.17, 15) is 4.79 Å². The molecule has 0 aliphatic heterocycles. The number of aryl methyl sites for hydroxylation is 1. The van der Waals surface area contributed by atoms with Crippen molar-refractivity contribution in [2.24, 2.45) is 5.10 Å². The summed E-state index contributed by atoms with van der Waals surface area (Å²) in [5.74, 6) is 0.811. The Balaban J connectivity index is 1.76. The first kappa shape index (κ1) is 22.1. The van der Waals surface area contributed by atoms with Gasteiger partial charge >= 0.3 is 0 Å². The minimum Gasteiger partial charge on any atom is -0.493 e. The van der Waals surface area contributed by atoms with Gasteiger partial charge in [-0.25, -0.2) is 5.43 Å². The van der Waals surface area contributed by atoms with Crippen LogP contribution in [0.15, 0.2) is 77.9 Å². The van der Waals surface area contributed by atoms with Gasteiger partial charge in [0.25, 0.3) is 0 Å². The molecule has 5 nitrogen and oxygen atoms in total. The lowest BCUT2D eigenvalue weighted by atomic mass is 9.90. The monoisotopic (exact) mass is 416 g/mol. The van der Waals surface area contributed by atoms with Crippen molar-refractivity contribution in [3.63, 3.8) is 0 Å². The van der Waals surface area contributed by atoms with Gasteiger partial charge in [-0.3, -0.25) is 4.79 Å². The maximum absolute atomic E-state index is 13.0. The predicted octanol–water partition coefficient (Wildman–Crippen LogP) is 4.88. The maximum Gasteiger partial charge on any atom is 0.247 e. The molecule has 31 heavy (non-hydrogen) atoms. The molecule has 0 aliphatic rings. The zero-order valence-electron chi connectivity index (χ0n) is 18.2. The highest BCUT2D eigenvalue weighted by Crippen LogP contribution is 2.27. The zero-order chi connectivity index (χ0) is 22.1. The second-order valence-corrected chi connectivity index (χ2v) is 7.17. The number of methoxy groups -OCH3 is 1. The number of hydrogen-bond acceptors (Lipinski definition) is 4. The van der Waals surface area contributed by atoms with E-state index in [0.717, 1.165) is 16.7 Å². The third-order valence-corrected chi connectivity index (χ3v) is 5.08. The molecule has 3 rings (SSSR count). The lowest BCUT2D eigenvalue weighted by Crippen LogP contribution is -2.27. The first-order chi connectivity index (χ1) is 15.1. The SMILES string of the molecule is CCOc1cc(/C=N\NC(=O)[C@H](Cc2ccccc2C)c2ccccc2)ccc1OC. The van der Waals surface area contributed by atoms with Crippen LogP contribution in [0.4, 0.5) is 0 Å². The summed E-state index contributed by atoms with van der Waals surface area (Å²) in [5, 5.41) is 4.19. The number of hydrazone groups is 1. The molecule has 1 amide bonds. The molecule has 0 aromatic heterocycles. The summed E-state index contributed by atoms with van der Waals surface area (Å²) in [5.41, 5.74) is 6.79. The lowest BCUT2D eigenvalue weighted by Gasteiger charge is -2.17. The molecule has 5 heteroatoms. The number of carbonyl (C=O) groups excluding carboxylic acids is 1. The van der Waals surface area contributed by atoms with Gasteiger partial charge < -0.3 is 9.47 Å². The van der Waals surface area contributed by atoms with Gasteiger partial charge in [-0.15, -0.1) is 0 Å². The first-order valence-corrected chi connectivity index (χ1v) is 10.4. The average Bonchev–Trinajstić information content (AvgIpc) is 2.79. The largest absolute Gasteiger partial charge is 0.493 e. The Hall–Kier alpha value is -3.60. The highest BCUT2D eigenvalue weighted by molar-refractivity contribution is 5.86. The highest BCUT2D eigenvalue weighted by Gasteiger charge is 2.21. The molecule has 1 atom stereocenters. The van der Waals surface area contributed by atoms with Crippen LogP contribution in [-0.2, 0) is 11.2 Å². The highest BCUT2D eigenvalue weighted by atomic mass is 16.5. The number of nitrogens with one attached hydrogen (secondary N) is 1. The topological polar surface area (TPSA) is 59.9 Å². The second kappa shape index (κ2) is 11.0. The van der Waals surface area contributed by atoms with Crippen molar-refractivity contribution in [1.29, 1.82) is 0 Å². The van der Waals surface area contributed by atoms with Gasteiger partial charge in [0, 0.05) is 0 Å². The molecule has 0 saturated heterocycles. The van der Waals surface area contributed by atoms with Crippen LogP contribution >= 0.6 is 0 Å². The van der Waals surface area contributed by atoms with Gasteiger partial charge in [-0.1, -0.05) is 54.6 Å².